The fourth-order valence-electron chi connectivity index (χ4n) is 7.38. The summed E-state index contributed by atoms with van der Waals surface area (Å²) in [6, 6.07) is 0. The number of ether oxygens (including phenoxy) is 3. The first-order valence-electron chi connectivity index (χ1n) is 24.5. The lowest BCUT2D eigenvalue weighted by Crippen LogP contribution is -2.30. The Morgan fingerprint density at radius 3 is 0.727 bits per heavy atom. The van der Waals surface area contributed by atoms with E-state index in [-0.39, 0.29) is 31.1 Å². The van der Waals surface area contributed by atoms with Crippen LogP contribution in [0.3, 0.4) is 0 Å². The van der Waals surface area contributed by atoms with Gasteiger partial charge in [0.1, 0.15) is 13.2 Å². The highest BCUT2D eigenvalue weighted by Crippen LogP contribution is 2.16. The van der Waals surface area contributed by atoms with Gasteiger partial charge >= 0.3 is 17.9 Å². The number of rotatable bonds is 45. The molecule has 6 heteroatoms. The van der Waals surface area contributed by atoms with Gasteiger partial charge in [-0.1, -0.05) is 239 Å². The van der Waals surface area contributed by atoms with Crippen molar-refractivity contribution in [2.75, 3.05) is 13.2 Å². The number of carbonyl (C=O) groups is 3. The van der Waals surface area contributed by atoms with Crippen LogP contribution in [0, 0.1) is 0 Å². The van der Waals surface area contributed by atoms with Crippen molar-refractivity contribution in [2.24, 2.45) is 0 Å². The summed E-state index contributed by atoms with van der Waals surface area (Å²) < 4.78 is 16.7. The summed E-state index contributed by atoms with van der Waals surface area (Å²) >= 11 is 0. The SMILES string of the molecule is CCCCCCCCCCCCCCCCCCCCC(=O)OCC(COC(=O)CCCCCCCCCC)OC(=O)CCCCCCCCCCCCC. The molecule has 0 bridgehead atoms. The molecule has 0 amide bonds. The van der Waals surface area contributed by atoms with Crippen molar-refractivity contribution in [1.82, 2.24) is 0 Å². The number of esters is 3. The fraction of sp³-hybridized carbons (Fsp3) is 0.939. The highest BCUT2D eigenvalue weighted by Gasteiger charge is 2.19. The molecule has 0 aromatic rings. The highest BCUT2D eigenvalue weighted by atomic mass is 16.6. The fourth-order valence-corrected chi connectivity index (χ4v) is 7.38. The van der Waals surface area contributed by atoms with Crippen LogP contribution < -0.4 is 0 Å². The molecule has 6 nitrogen and oxygen atoms in total. The van der Waals surface area contributed by atoms with Crippen LogP contribution in [-0.4, -0.2) is 37.2 Å². The third-order valence-electron chi connectivity index (χ3n) is 11.1. The molecule has 0 aliphatic rings. The van der Waals surface area contributed by atoms with Crippen molar-refractivity contribution in [2.45, 2.75) is 284 Å². The highest BCUT2D eigenvalue weighted by molar-refractivity contribution is 5.71. The van der Waals surface area contributed by atoms with Crippen molar-refractivity contribution in [3.05, 3.63) is 0 Å². The number of unbranched alkanes of at least 4 members (excludes halogenated alkanes) is 34. The van der Waals surface area contributed by atoms with Crippen molar-refractivity contribution >= 4 is 17.9 Å². The molecular formula is C49H94O6. The number of carbonyl (C=O) groups excluding carboxylic acids is 3. The quantitative estimate of drug-likeness (QED) is 0.0348. The normalized spacial score (nSPS) is 11.8. The van der Waals surface area contributed by atoms with Crippen LogP contribution in [-0.2, 0) is 28.6 Å². The molecule has 1 unspecified atom stereocenters. The predicted molar refractivity (Wildman–Crippen MR) is 233 cm³/mol. The molecule has 0 aliphatic carbocycles. The van der Waals surface area contributed by atoms with Crippen molar-refractivity contribution in [1.29, 1.82) is 0 Å². The van der Waals surface area contributed by atoms with Crippen LogP contribution in [0.5, 0.6) is 0 Å². The van der Waals surface area contributed by atoms with E-state index in [4.69, 9.17) is 14.2 Å². The first-order valence-corrected chi connectivity index (χ1v) is 24.5. The van der Waals surface area contributed by atoms with Gasteiger partial charge in [-0.3, -0.25) is 14.4 Å². The summed E-state index contributed by atoms with van der Waals surface area (Å²) in [7, 11) is 0. The molecule has 0 fully saturated rings. The Morgan fingerprint density at radius 1 is 0.291 bits per heavy atom. The molecule has 0 saturated heterocycles. The third-order valence-corrected chi connectivity index (χ3v) is 11.1. The van der Waals surface area contributed by atoms with E-state index < -0.39 is 6.10 Å². The van der Waals surface area contributed by atoms with Gasteiger partial charge in [0.25, 0.3) is 0 Å². The van der Waals surface area contributed by atoms with Crippen LogP contribution in [0.25, 0.3) is 0 Å². The second-order valence-corrected chi connectivity index (χ2v) is 16.7. The minimum Gasteiger partial charge on any atom is -0.462 e. The zero-order chi connectivity index (χ0) is 40.1. The Morgan fingerprint density at radius 2 is 0.491 bits per heavy atom. The van der Waals surface area contributed by atoms with Crippen LogP contribution >= 0.6 is 0 Å². The van der Waals surface area contributed by atoms with E-state index in [1.54, 1.807) is 0 Å². The Bertz CT molecular complexity index is 813. The summed E-state index contributed by atoms with van der Waals surface area (Å²) in [6.07, 6.45) is 46.7. The van der Waals surface area contributed by atoms with Crippen molar-refractivity contribution in [3.8, 4) is 0 Å². The molecule has 0 aromatic carbocycles. The number of hydrogen-bond acceptors (Lipinski definition) is 6. The molecule has 1 atom stereocenters. The average molecular weight is 779 g/mol. The molecule has 0 N–H and O–H groups in total. The molecule has 0 aromatic heterocycles. The molecule has 326 valence electrons. The van der Waals surface area contributed by atoms with E-state index in [1.165, 1.54) is 180 Å². The maximum atomic E-state index is 12.7. The van der Waals surface area contributed by atoms with E-state index in [2.05, 4.69) is 20.8 Å². The second-order valence-electron chi connectivity index (χ2n) is 16.7. The minimum absolute atomic E-state index is 0.0626. The largest absolute Gasteiger partial charge is 0.462 e. The Balaban J connectivity index is 4.19. The van der Waals surface area contributed by atoms with Gasteiger partial charge in [0.2, 0.25) is 0 Å². The molecule has 0 rings (SSSR count). The number of hydrogen-bond donors (Lipinski definition) is 0. The first kappa shape index (κ1) is 53.4. The smallest absolute Gasteiger partial charge is 0.306 e. The summed E-state index contributed by atoms with van der Waals surface area (Å²) in [4.78, 5) is 37.7. The minimum atomic E-state index is -0.757. The van der Waals surface area contributed by atoms with E-state index in [1.807, 2.05) is 0 Å². The standard InChI is InChI=1S/C49H94O6/c1-4-7-10-13-16-19-21-22-23-24-25-26-27-29-30-33-36-39-42-48(51)54-45-46(44-53-47(50)41-38-35-32-18-15-12-9-6-3)55-49(52)43-40-37-34-31-28-20-17-14-11-8-5-2/h46H,4-45H2,1-3H3. The lowest BCUT2D eigenvalue weighted by atomic mass is 10.0. The van der Waals surface area contributed by atoms with E-state index in [9.17, 15) is 14.4 Å². The molecule has 55 heavy (non-hydrogen) atoms. The van der Waals surface area contributed by atoms with Gasteiger partial charge in [-0.15, -0.1) is 0 Å². The Kier molecular flexibility index (Phi) is 43.8. The van der Waals surface area contributed by atoms with Gasteiger partial charge in [-0.2, -0.15) is 0 Å². The predicted octanol–water partition coefficient (Wildman–Crippen LogP) is 15.6. The summed E-state index contributed by atoms with van der Waals surface area (Å²) in [6.45, 7) is 6.63. The molecule has 0 spiro atoms. The zero-order valence-corrected chi connectivity index (χ0v) is 37.2. The summed E-state index contributed by atoms with van der Waals surface area (Å²) in [5, 5.41) is 0. The lowest BCUT2D eigenvalue weighted by Gasteiger charge is -2.18. The summed E-state index contributed by atoms with van der Waals surface area (Å²) in [5.74, 6) is -0.852. The van der Waals surface area contributed by atoms with E-state index >= 15 is 0 Å². The monoisotopic (exact) mass is 779 g/mol. The van der Waals surface area contributed by atoms with Crippen molar-refractivity contribution < 1.29 is 28.6 Å². The topological polar surface area (TPSA) is 78.9 Å². The maximum Gasteiger partial charge on any atom is 0.306 e. The van der Waals surface area contributed by atoms with E-state index in [0.717, 1.165) is 57.8 Å². The zero-order valence-electron chi connectivity index (χ0n) is 37.2. The average Bonchev–Trinajstić information content (AvgIpc) is 3.18. The van der Waals surface area contributed by atoms with Crippen LogP contribution in [0.4, 0.5) is 0 Å². The first-order chi connectivity index (χ1) is 27.0. The van der Waals surface area contributed by atoms with Gasteiger partial charge in [0.15, 0.2) is 6.10 Å². The summed E-state index contributed by atoms with van der Waals surface area (Å²) in [5.41, 5.74) is 0. The maximum absolute atomic E-state index is 12.7. The van der Waals surface area contributed by atoms with Crippen LogP contribution in [0.1, 0.15) is 278 Å². The molecule has 0 radical (unpaired) electrons. The Labute approximate surface area is 342 Å². The molecular weight excluding hydrogens is 685 g/mol. The van der Waals surface area contributed by atoms with Crippen LogP contribution in [0.15, 0.2) is 0 Å². The van der Waals surface area contributed by atoms with Crippen LogP contribution in [0.2, 0.25) is 0 Å². The van der Waals surface area contributed by atoms with Gasteiger partial charge in [0.05, 0.1) is 0 Å². The van der Waals surface area contributed by atoms with Gasteiger partial charge < -0.3 is 14.2 Å². The molecule has 0 saturated carbocycles. The molecule has 0 aliphatic heterocycles. The lowest BCUT2D eigenvalue weighted by molar-refractivity contribution is -0.167. The second kappa shape index (κ2) is 45.1. The van der Waals surface area contributed by atoms with Crippen molar-refractivity contribution in [3.63, 3.8) is 0 Å². The van der Waals surface area contributed by atoms with Gasteiger partial charge in [-0.25, -0.2) is 0 Å². The third kappa shape index (κ3) is 43.4. The van der Waals surface area contributed by atoms with E-state index in [0.29, 0.717) is 19.3 Å². The Hall–Kier alpha value is -1.59. The van der Waals surface area contributed by atoms with Gasteiger partial charge in [0, 0.05) is 19.3 Å². The molecule has 0 heterocycles. The van der Waals surface area contributed by atoms with Gasteiger partial charge in [-0.05, 0) is 19.3 Å².